The van der Waals surface area contributed by atoms with Crippen LogP contribution in [0.1, 0.15) is 16.9 Å². The Bertz CT molecular complexity index is 658. The second-order valence-corrected chi connectivity index (χ2v) is 5.18. The highest BCUT2D eigenvalue weighted by Gasteiger charge is 2.06. The summed E-state index contributed by atoms with van der Waals surface area (Å²) >= 11 is 3.19. The van der Waals surface area contributed by atoms with E-state index in [4.69, 9.17) is 13.9 Å². The van der Waals surface area contributed by atoms with Crippen molar-refractivity contribution in [3.05, 3.63) is 58.0 Å². The van der Waals surface area contributed by atoms with Crippen LogP contribution in [0.4, 0.5) is 0 Å². The molecule has 0 amide bonds. The second-order valence-electron chi connectivity index (χ2n) is 4.40. The first-order valence-electron chi connectivity index (χ1n) is 6.32. The first-order valence-corrected chi connectivity index (χ1v) is 7.11. The minimum absolute atomic E-state index is 0.163. The lowest BCUT2D eigenvalue weighted by molar-refractivity contribution is -0.138. The van der Waals surface area contributed by atoms with E-state index >= 15 is 0 Å². The summed E-state index contributed by atoms with van der Waals surface area (Å²) in [7, 11) is 1.59. The van der Waals surface area contributed by atoms with Crippen LogP contribution in [0, 0.1) is 6.92 Å². The number of rotatable bonds is 5. The summed E-state index contributed by atoms with van der Waals surface area (Å²) in [6.45, 7) is 2.13. The number of hydrogen-bond donors (Lipinski definition) is 0. The van der Waals surface area contributed by atoms with E-state index in [1.807, 2.05) is 25.1 Å². The summed E-state index contributed by atoms with van der Waals surface area (Å²) in [4.78, 5) is 11.7. The smallest absolute Gasteiger partial charge is 0.331 e. The van der Waals surface area contributed by atoms with Crippen LogP contribution >= 0.6 is 15.9 Å². The number of esters is 1. The maximum absolute atomic E-state index is 11.7. The number of carbonyl (C=O) groups is 1. The van der Waals surface area contributed by atoms with Crippen molar-refractivity contribution in [1.82, 2.24) is 0 Å². The summed E-state index contributed by atoms with van der Waals surface area (Å²) in [5, 5.41) is 0. The number of aryl methyl sites for hydroxylation is 1. The predicted molar refractivity (Wildman–Crippen MR) is 83.0 cm³/mol. The van der Waals surface area contributed by atoms with Gasteiger partial charge in [0, 0.05) is 11.6 Å². The fourth-order valence-corrected chi connectivity index (χ4v) is 2.10. The van der Waals surface area contributed by atoms with Gasteiger partial charge in [0.25, 0.3) is 0 Å². The standard InChI is InChI=1S/C16H15BrO4/c1-11-3-6-14(19-2)12(9-11)10-20-16(18)8-5-13-4-7-15(17)21-13/h3-9H,10H2,1-2H3/b8-5+. The number of benzene rings is 1. The van der Waals surface area contributed by atoms with Gasteiger partial charge in [-0.1, -0.05) is 11.6 Å². The molecule has 5 heteroatoms. The highest BCUT2D eigenvalue weighted by atomic mass is 79.9. The zero-order chi connectivity index (χ0) is 15.2. The topological polar surface area (TPSA) is 48.7 Å². The third-order valence-corrected chi connectivity index (χ3v) is 3.21. The molecule has 0 spiro atoms. The minimum Gasteiger partial charge on any atom is -0.496 e. The number of methoxy groups -OCH3 is 1. The van der Waals surface area contributed by atoms with E-state index in [9.17, 15) is 4.79 Å². The Balaban J connectivity index is 1.95. The summed E-state index contributed by atoms with van der Waals surface area (Å²) in [6.07, 6.45) is 2.88. The fourth-order valence-electron chi connectivity index (χ4n) is 1.79. The van der Waals surface area contributed by atoms with E-state index in [0.29, 0.717) is 16.2 Å². The molecule has 0 aliphatic carbocycles. The Morgan fingerprint density at radius 2 is 2.14 bits per heavy atom. The Morgan fingerprint density at radius 1 is 1.33 bits per heavy atom. The Kier molecular flexibility index (Phi) is 5.22. The number of halogens is 1. The molecule has 21 heavy (non-hydrogen) atoms. The zero-order valence-corrected chi connectivity index (χ0v) is 13.3. The first kappa shape index (κ1) is 15.4. The van der Waals surface area contributed by atoms with Crippen molar-refractivity contribution in [2.45, 2.75) is 13.5 Å². The van der Waals surface area contributed by atoms with Crippen LogP contribution in [0.15, 0.2) is 45.5 Å². The lowest BCUT2D eigenvalue weighted by atomic mass is 10.1. The van der Waals surface area contributed by atoms with Crippen LogP contribution < -0.4 is 4.74 Å². The van der Waals surface area contributed by atoms with E-state index in [2.05, 4.69) is 15.9 Å². The molecule has 0 atom stereocenters. The molecule has 2 rings (SSSR count). The van der Waals surface area contributed by atoms with Gasteiger partial charge in [0.05, 0.1) is 7.11 Å². The van der Waals surface area contributed by atoms with Crippen molar-refractivity contribution in [1.29, 1.82) is 0 Å². The molecule has 0 fully saturated rings. The lowest BCUT2D eigenvalue weighted by Crippen LogP contribution is -2.02. The van der Waals surface area contributed by atoms with Crippen molar-refractivity contribution in [2.24, 2.45) is 0 Å². The van der Waals surface area contributed by atoms with Gasteiger partial charge in [-0.15, -0.1) is 0 Å². The quantitative estimate of drug-likeness (QED) is 0.601. The van der Waals surface area contributed by atoms with Crippen LogP contribution in [-0.2, 0) is 16.1 Å². The van der Waals surface area contributed by atoms with Gasteiger partial charge >= 0.3 is 5.97 Å². The molecule has 0 saturated carbocycles. The van der Waals surface area contributed by atoms with Gasteiger partial charge in [-0.05, 0) is 53.2 Å². The normalized spacial score (nSPS) is 10.8. The minimum atomic E-state index is -0.439. The molecular weight excluding hydrogens is 336 g/mol. The SMILES string of the molecule is COc1ccc(C)cc1COC(=O)/C=C/c1ccc(Br)o1. The summed E-state index contributed by atoms with van der Waals surface area (Å²) in [5.41, 5.74) is 1.91. The van der Waals surface area contributed by atoms with Crippen molar-refractivity contribution < 1.29 is 18.7 Å². The van der Waals surface area contributed by atoms with E-state index in [1.165, 1.54) is 6.08 Å². The molecule has 0 unspecified atom stereocenters. The number of ether oxygens (including phenoxy) is 2. The third-order valence-electron chi connectivity index (χ3n) is 2.78. The third kappa shape index (κ3) is 4.49. The van der Waals surface area contributed by atoms with Crippen molar-refractivity contribution >= 4 is 28.0 Å². The molecular formula is C16H15BrO4. The van der Waals surface area contributed by atoms with Crippen LogP contribution in [0.5, 0.6) is 5.75 Å². The Hall–Kier alpha value is -2.01. The molecule has 0 radical (unpaired) electrons. The summed E-state index contributed by atoms with van der Waals surface area (Å²) in [6, 6.07) is 9.23. The highest BCUT2D eigenvalue weighted by molar-refractivity contribution is 9.10. The van der Waals surface area contributed by atoms with Gasteiger partial charge < -0.3 is 13.9 Å². The molecule has 1 aromatic carbocycles. The monoisotopic (exact) mass is 350 g/mol. The second kappa shape index (κ2) is 7.13. The average Bonchev–Trinajstić information content (AvgIpc) is 2.88. The number of furan rings is 1. The molecule has 0 bridgehead atoms. The maximum atomic E-state index is 11.7. The fraction of sp³-hybridized carbons (Fsp3) is 0.188. The Labute approximate surface area is 131 Å². The van der Waals surface area contributed by atoms with E-state index in [1.54, 1.807) is 25.3 Å². The molecule has 1 heterocycles. The predicted octanol–water partition coefficient (Wildman–Crippen LogP) is 4.12. The molecule has 110 valence electrons. The summed E-state index contributed by atoms with van der Waals surface area (Å²) in [5.74, 6) is 0.838. The van der Waals surface area contributed by atoms with Gasteiger partial charge in [-0.25, -0.2) is 4.79 Å². The first-order chi connectivity index (χ1) is 10.1. The van der Waals surface area contributed by atoms with Crippen LogP contribution in [0.3, 0.4) is 0 Å². The lowest BCUT2D eigenvalue weighted by Gasteiger charge is -2.09. The van der Waals surface area contributed by atoms with E-state index in [-0.39, 0.29) is 6.61 Å². The molecule has 4 nitrogen and oxygen atoms in total. The molecule has 0 saturated heterocycles. The number of hydrogen-bond acceptors (Lipinski definition) is 4. The van der Waals surface area contributed by atoms with Crippen molar-refractivity contribution in [3.63, 3.8) is 0 Å². The van der Waals surface area contributed by atoms with Gasteiger partial charge in [0.1, 0.15) is 18.1 Å². The van der Waals surface area contributed by atoms with Crippen LogP contribution in [0.2, 0.25) is 0 Å². The van der Waals surface area contributed by atoms with Gasteiger partial charge in [-0.3, -0.25) is 0 Å². The highest BCUT2D eigenvalue weighted by Crippen LogP contribution is 2.20. The zero-order valence-electron chi connectivity index (χ0n) is 11.8. The molecule has 0 aliphatic heterocycles. The van der Waals surface area contributed by atoms with Crippen LogP contribution in [-0.4, -0.2) is 13.1 Å². The molecule has 0 N–H and O–H groups in total. The maximum Gasteiger partial charge on any atom is 0.331 e. The average molecular weight is 351 g/mol. The van der Waals surface area contributed by atoms with Gasteiger partial charge in [-0.2, -0.15) is 0 Å². The molecule has 0 aliphatic rings. The van der Waals surface area contributed by atoms with Gasteiger partial charge in [0.2, 0.25) is 0 Å². The van der Waals surface area contributed by atoms with E-state index in [0.717, 1.165) is 11.1 Å². The van der Waals surface area contributed by atoms with Gasteiger partial charge in [0.15, 0.2) is 4.67 Å². The number of carbonyl (C=O) groups excluding carboxylic acids is 1. The van der Waals surface area contributed by atoms with Crippen molar-refractivity contribution in [3.8, 4) is 5.75 Å². The van der Waals surface area contributed by atoms with Crippen LogP contribution in [0.25, 0.3) is 6.08 Å². The summed E-state index contributed by atoms with van der Waals surface area (Å²) < 4.78 is 16.3. The molecule has 2 aromatic rings. The Morgan fingerprint density at radius 3 is 2.81 bits per heavy atom. The van der Waals surface area contributed by atoms with Crippen molar-refractivity contribution in [2.75, 3.05) is 7.11 Å². The van der Waals surface area contributed by atoms with E-state index < -0.39 is 5.97 Å². The largest absolute Gasteiger partial charge is 0.496 e. The molecule has 1 aromatic heterocycles.